The number of carbonyl (C=O) groups excluding carboxylic acids is 2. The van der Waals surface area contributed by atoms with Crippen molar-refractivity contribution in [2.75, 3.05) is 23.9 Å². The van der Waals surface area contributed by atoms with Gasteiger partial charge in [0.25, 0.3) is 5.91 Å². The molecule has 1 atom stereocenters. The Morgan fingerprint density at radius 2 is 1.96 bits per heavy atom. The highest BCUT2D eigenvalue weighted by Gasteiger charge is 2.30. The molecule has 1 amide bonds. The van der Waals surface area contributed by atoms with Gasteiger partial charge in [-0.25, -0.2) is 8.42 Å². The number of amides is 1. The van der Waals surface area contributed by atoms with Crippen LogP contribution in [0.2, 0.25) is 0 Å². The van der Waals surface area contributed by atoms with Gasteiger partial charge in [0.05, 0.1) is 11.5 Å². The normalized spacial score (nSPS) is 19.1. The summed E-state index contributed by atoms with van der Waals surface area (Å²) in [5.41, 5.74) is 0.862. The van der Waals surface area contributed by atoms with Crippen molar-refractivity contribution < 1.29 is 18.0 Å². The highest BCUT2D eigenvalue weighted by atomic mass is 32.2. The molecule has 7 nitrogen and oxygen atoms in total. The van der Waals surface area contributed by atoms with Crippen LogP contribution < -0.4 is 5.32 Å². The van der Waals surface area contributed by atoms with Crippen molar-refractivity contribution in [3.05, 3.63) is 41.6 Å². The Morgan fingerprint density at radius 1 is 1.32 bits per heavy atom. The molecule has 25 heavy (non-hydrogen) atoms. The number of anilines is 1. The summed E-state index contributed by atoms with van der Waals surface area (Å²) >= 11 is 0. The third kappa shape index (κ3) is 4.90. The van der Waals surface area contributed by atoms with Gasteiger partial charge in [0, 0.05) is 30.5 Å². The topological polar surface area (TPSA) is 107 Å². The maximum absolute atomic E-state index is 12.2. The van der Waals surface area contributed by atoms with Crippen LogP contribution in [0.3, 0.4) is 0 Å². The van der Waals surface area contributed by atoms with E-state index >= 15 is 0 Å². The van der Waals surface area contributed by atoms with Gasteiger partial charge in [-0.15, -0.1) is 0 Å². The molecule has 1 aromatic rings. The average molecular weight is 361 g/mol. The van der Waals surface area contributed by atoms with Crippen LogP contribution in [-0.2, 0) is 14.6 Å². The van der Waals surface area contributed by atoms with Crippen molar-refractivity contribution >= 4 is 27.2 Å². The Balaban J connectivity index is 2.07. The van der Waals surface area contributed by atoms with Crippen molar-refractivity contribution in [3.63, 3.8) is 0 Å². The zero-order valence-electron chi connectivity index (χ0n) is 14.0. The van der Waals surface area contributed by atoms with Crippen LogP contribution in [0.5, 0.6) is 0 Å². The first kappa shape index (κ1) is 18.7. The molecule has 0 aliphatic carbocycles. The third-order valence-corrected chi connectivity index (χ3v) is 5.78. The molecule has 1 aliphatic heterocycles. The Hall–Kier alpha value is -2.66. The van der Waals surface area contributed by atoms with Gasteiger partial charge in [0.15, 0.2) is 15.6 Å². The quantitative estimate of drug-likeness (QED) is 0.482. The van der Waals surface area contributed by atoms with Crippen LogP contribution in [0.1, 0.15) is 23.7 Å². The lowest BCUT2D eigenvalue weighted by molar-refractivity contribution is -0.112. The molecule has 1 heterocycles. The number of nitrogens with one attached hydrogen (secondary N) is 1. The summed E-state index contributed by atoms with van der Waals surface area (Å²) in [6, 6.07) is 7.92. The van der Waals surface area contributed by atoms with E-state index in [9.17, 15) is 23.3 Å². The van der Waals surface area contributed by atoms with E-state index in [1.165, 1.54) is 13.1 Å². The van der Waals surface area contributed by atoms with Crippen LogP contribution in [0.25, 0.3) is 0 Å². The molecule has 1 fully saturated rings. The molecule has 1 unspecified atom stereocenters. The monoisotopic (exact) mass is 361 g/mol. The maximum atomic E-state index is 12.2. The van der Waals surface area contributed by atoms with E-state index in [2.05, 4.69) is 5.32 Å². The SMILES string of the molecule is CC(=O)c1ccc(NC(=O)/C(C#N)=C\N(C)C2CCS(=O)(=O)C2)cc1. The van der Waals surface area contributed by atoms with Crippen molar-refractivity contribution in [1.29, 1.82) is 5.26 Å². The second-order valence-corrected chi connectivity index (χ2v) is 8.19. The largest absolute Gasteiger partial charge is 0.375 e. The summed E-state index contributed by atoms with van der Waals surface area (Å²) in [6.45, 7) is 1.45. The summed E-state index contributed by atoms with van der Waals surface area (Å²) in [4.78, 5) is 25.1. The minimum Gasteiger partial charge on any atom is -0.375 e. The predicted molar refractivity (Wildman–Crippen MR) is 93.6 cm³/mol. The van der Waals surface area contributed by atoms with E-state index in [1.807, 2.05) is 6.07 Å². The van der Waals surface area contributed by atoms with E-state index < -0.39 is 15.7 Å². The Bertz CT molecular complexity index is 851. The van der Waals surface area contributed by atoms with Gasteiger partial charge >= 0.3 is 0 Å². The zero-order chi connectivity index (χ0) is 18.6. The molecule has 1 saturated heterocycles. The first-order valence-corrected chi connectivity index (χ1v) is 9.50. The maximum Gasteiger partial charge on any atom is 0.267 e. The molecule has 1 aromatic carbocycles. The fourth-order valence-corrected chi connectivity index (χ4v) is 4.32. The van der Waals surface area contributed by atoms with Crippen LogP contribution in [0.4, 0.5) is 5.69 Å². The molecular formula is C17H19N3O4S. The number of hydrogen-bond acceptors (Lipinski definition) is 6. The highest BCUT2D eigenvalue weighted by molar-refractivity contribution is 7.91. The number of ketones is 1. The number of nitriles is 1. The second kappa shape index (κ2) is 7.49. The standard InChI is InChI=1S/C17H19N3O4S/c1-12(21)13-3-5-15(6-4-13)19-17(22)14(9-18)10-20(2)16-7-8-25(23,24)11-16/h3-6,10,16H,7-8,11H2,1-2H3,(H,19,22)/b14-10-. The molecule has 1 N–H and O–H groups in total. The zero-order valence-corrected chi connectivity index (χ0v) is 14.8. The fraction of sp³-hybridized carbons (Fsp3) is 0.353. The minimum absolute atomic E-state index is 0.0207. The average Bonchev–Trinajstić information content (AvgIpc) is 2.92. The Labute approximate surface area is 146 Å². The van der Waals surface area contributed by atoms with Gasteiger partial charge < -0.3 is 10.2 Å². The first-order chi connectivity index (χ1) is 11.7. The third-order valence-electron chi connectivity index (χ3n) is 4.03. The summed E-state index contributed by atoms with van der Waals surface area (Å²) in [6.07, 6.45) is 1.84. The number of Topliss-reactive ketones (excluding diaryl/α,β-unsaturated/α-hetero) is 1. The summed E-state index contributed by atoms with van der Waals surface area (Å²) < 4.78 is 23.1. The number of nitrogens with zero attached hydrogens (tertiary/aromatic N) is 2. The molecular weight excluding hydrogens is 342 g/mol. The van der Waals surface area contributed by atoms with Crippen molar-refractivity contribution in [2.24, 2.45) is 0 Å². The minimum atomic E-state index is -3.04. The molecule has 1 aliphatic rings. The molecule has 0 radical (unpaired) electrons. The van der Waals surface area contributed by atoms with Crippen LogP contribution in [0, 0.1) is 11.3 Å². The summed E-state index contributed by atoms with van der Waals surface area (Å²) in [7, 11) is -1.39. The Kier molecular flexibility index (Phi) is 5.59. The van der Waals surface area contributed by atoms with Crippen LogP contribution in [-0.4, -0.2) is 49.6 Å². The number of rotatable bonds is 5. The number of hydrogen-bond donors (Lipinski definition) is 1. The Morgan fingerprint density at radius 3 is 2.44 bits per heavy atom. The van der Waals surface area contributed by atoms with E-state index in [4.69, 9.17) is 0 Å². The smallest absolute Gasteiger partial charge is 0.267 e. The molecule has 132 valence electrons. The van der Waals surface area contributed by atoms with Crippen molar-refractivity contribution in [2.45, 2.75) is 19.4 Å². The second-order valence-electron chi connectivity index (χ2n) is 5.96. The highest BCUT2D eigenvalue weighted by Crippen LogP contribution is 2.18. The molecule has 0 bridgehead atoms. The molecule has 8 heteroatoms. The lowest BCUT2D eigenvalue weighted by Crippen LogP contribution is -2.29. The van der Waals surface area contributed by atoms with Gasteiger partial charge in [-0.1, -0.05) is 0 Å². The number of carbonyl (C=O) groups is 2. The molecule has 2 rings (SSSR count). The predicted octanol–water partition coefficient (Wildman–Crippen LogP) is 1.35. The number of benzene rings is 1. The number of sulfone groups is 1. The van der Waals surface area contributed by atoms with E-state index in [0.717, 1.165) is 0 Å². The first-order valence-electron chi connectivity index (χ1n) is 7.68. The van der Waals surface area contributed by atoms with Gasteiger partial charge in [-0.05, 0) is 37.6 Å². The van der Waals surface area contributed by atoms with E-state index in [1.54, 1.807) is 36.2 Å². The van der Waals surface area contributed by atoms with E-state index in [0.29, 0.717) is 17.7 Å². The lowest BCUT2D eigenvalue weighted by atomic mass is 10.1. The van der Waals surface area contributed by atoms with Gasteiger partial charge in [0.1, 0.15) is 11.6 Å². The summed E-state index contributed by atoms with van der Waals surface area (Å²) in [5, 5.41) is 11.8. The van der Waals surface area contributed by atoms with E-state index in [-0.39, 0.29) is 28.9 Å². The van der Waals surface area contributed by atoms with Gasteiger partial charge in [0.2, 0.25) is 0 Å². The van der Waals surface area contributed by atoms with Crippen molar-refractivity contribution in [1.82, 2.24) is 4.90 Å². The van der Waals surface area contributed by atoms with Gasteiger partial charge in [-0.2, -0.15) is 5.26 Å². The molecule has 0 spiro atoms. The van der Waals surface area contributed by atoms with Crippen LogP contribution >= 0.6 is 0 Å². The molecule has 0 saturated carbocycles. The van der Waals surface area contributed by atoms with Crippen LogP contribution in [0.15, 0.2) is 36.0 Å². The fourth-order valence-electron chi connectivity index (χ4n) is 2.53. The summed E-state index contributed by atoms with van der Waals surface area (Å²) in [5.74, 6) is -0.534. The van der Waals surface area contributed by atoms with Gasteiger partial charge in [-0.3, -0.25) is 9.59 Å². The lowest BCUT2D eigenvalue weighted by Gasteiger charge is -2.21. The van der Waals surface area contributed by atoms with Crippen molar-refractivity contribution in [3.8, 4) is 6.07 Å². The molecule has 0 aromatic heterocycles.